The molecule has 1 aliphatic heterocycles. The van der Waals surface area contributed by atoms with Crippen molar-refractivity contribution in [1.82, 2.24) is 5.32 Å². The molecule has 1 aliphatic rings. The van der Waals surface area contributed by atoms with Gasteiger partial charge < -0.3 is 14.6 Å². The maximum Gasteiger partial charge on any atom is 0.331 e. The molecule has 0 aromatic heterocycles. The fourth-order valence-electron chi connectivity index (χ4n) is 1.95. The van der Waals surface area contributed by atoms with Crippen LogP contribution in [0.3, 0.4) is 0 Å². The average molecular weight is 237 g/mol. The van der Waals surface area contributed by atoms with Gasteiger partial charge in [0, 0.05) is 6.54 Å². The third-order valence-corrected chi connectivity index (χ3v) is 2.92. The predicted octanol–water partition coefficient (Wildman–Crippen LogP) is 0.595. The summed E-state index contributed by atoms with van der Waals surface area (Å²) in [7, 11) is 1.55. The molecule has 0 spiro atoms. The fraction of sp³-hybridized carbons (Fsp3) is 0.417. The molecule has 0 saturated carbocycles. The Hall–Kier alpha value is -1.59. The number of nitrogens with one attached hydrogen (secondary N) is 1. The minimum absolute atomic E-state index is 0.121. The van der Waals surface area contributed by atoms with Gasteiger partial charge >= 0.3 is 5.97 Å². The van der Waals surface area contributed by atoms with E-state index < -0.39 is 11.5 Å². The molecule has 17 heavy (non-hydrogen) atoms. The van der Waals surface area contributed by atoms with Gasteiger partial charge in [0.2, 0.25) is 0 Å². The number of methoxy groups -OCH3 is 1. The Morgan fingerprint density at radius 2 is 2.41 bits per heavy atom. The van der Waals surface area contributed by atoms with Crippen LogP contribution in [0.5, 0.6) is 5.75 Å². The summed E-state index contributed by atoms with van der Waals surface area (Å²) < 4.78 is 10.4. The molecule has 5 nitrogen and oxygen atoms in total. The zero-order valence-corrected chi connectivity index (χ0v) is 9.60. The molecule has 1 fully saturated rings. The number of carboxylic acid groups (broad SMARTS) is 1. The number of hydrogen-bond donors (Lipinski definition) is 2. The normalized spacial score (nSPS) is 24.3. The van der Waals surface area contributed by atoms with Gasteiger partial charge in [0.1, 0.15) is 5.75 Å². The second-order valence-electron chi connectivity index (χ2n) is 3.92. The minimum Gasteiger partial charge on any atom is -0.497 e. The molecule has 1 aromatic carbocycles. The topological polar surface area (TPSA) is 67.8 Å². The number of rotatable bonds is 3. The lowest BCUT2D eigenvalue weighted by molar-refractivity contribution is -0.151. The van der Waals surface area contributed by atoms with Gasteiger partial charge in [-0.1, -0.05) is 12.1 Å². The highest BCUT2D eigenvalue weighted by Crippen LogP contribution is 2.27. The van der Waals surface area contributed by atoms with Gasteiger partial charge in [-0.15, -0.1) is 0 Å². The van der Waals surface area contributed by atoms with E-state index in [9.17, 15) is 9.90 Å². The third-order valence-electron chi connectivity index (χ3n) is 2.92. The first-order valence-electron chi connectivity index (χ1n) is 5.40. The second kappa shape index (κ2) is 4.73. The van der Waals surface area contributed by atoms with Crippen molar-refractivity contribution in [3.05, 3.63) is 29.8 Å². The highest BCUT2D eigenvalue weighted by molar-refractivity contribution is 5.81. The Labute approximate surface area is 99.3 Å². The van der Waals surface area contributed by atoms with Crippen LogP contribution in [-0.2, 0) is 15.1 Å². The average Bonchev–Trinajstić information content (AvgIpc) is 2.39. The molecule has 2 N–H and O–H groups in total. The van der Waals surface area contributed by atoms with Crippen molar-refractivity contribution < 1.29 is 19.4 Å². The Balaban J connectivity index is 2.41. The Bertz CT molecular complexity index is 413. The van der Waals surface area contributed by atoms with E-state index in [-0.39, 0.29) is 6.61 Å². The highest BCUT2D eigenvalue weighted by atomic mass is 16.5. The van der Waals surface area contributed by atoms with Gasteiger partial charge in [0.15, 0.2) is 5.54 Å². The van der Waals surface area contributed by atoms with Crippen molar-refractivity contribution in [1.29, 1.82) is 0 Å². The quantitative estimate of drug-likeness (QED) is 0.805. The molecular weight excluding hydrogens is 222 g/mol. The van der Waals surface area contributed by atoms with E-state index >= 15 is 0 Å². The molecule has 1 atom stereocenters. The first-order chi connectivity index (χ1) is 8.19. The van der Waals surface area contributed by atoms with E-state index in [1.54, 1.807) is 31.4 Å². The van der Waals surface area contributed by atoms with E-state index in [1.165, 1.54) is 0 Å². The Morgan fingerprint density at radius 3 is 3.00 bits per heavy atom. The van der Waals surface area contributed by atoms with Crippen LogP contribution in [0.15, 0.2) is 24.3 Å². The zero-order chi connectivity index (χ0) is 12.3. The van der Waals surface area contributed by atoms with Crippen molar-refractivity contribution >= 4 is 5.97 Å². The highest BCUT2D eigenvalue weighted by Gasteiger charge is 2.42. The number of carbonyl (C=O) groups is 1. The van der Waals surface area contributed by atoms with Crippen LogP contribution in [0.2, 0.25) is 0 Å². The Morgan fingerprint density at radius 1 is 1.59 bits per heavy atom. The lowest BCUT2D eigenvalue weighted by Crippen LogP contribution is -2.56. The molecule has 2 rings (SSSR count). The van der Waals surface area contributed by atoms with Crippen LogP contribution in [0.4, 0.5) is 0 Å². The van der Waals surface area contributed by atoms with E-state index in [1.807, 2.05) is 0 Å². The SMILES string of the molecule is COc1cccc(C2(C(=O)O)COCCN2)c1. The smallest absolute Gasteiger partial charge is 0.331 e. The largest absolute Gasteiger partial charge is 0.497 e. The van der Waals surface area contributed by atoms with Gasteiger partial charge in [0.05, 0.1) is 20.3 Å². The van der Waals surface area contributed by atoms with Crippen LogP contribution >= 0.6 is 0 Å². The van der Waals surface area contributed by atoms with Crippen molar-refractivity contribution in [3.8, 4) is 5.75 Å². The second-order valence-corrected chi connectivity index (χ2v) is 3.92. The van der Waals surface area contributed by atoms with Crippen molar-refractivity contribution in [2.75, 3.05) is 26.9 Å². The fourth-order valence-corrected chi connectivity index (χ4v) is 1.95. The summed E-state index contributed by atoms with van der Waals surface area (Å²) in [5.74, 6) is -0.305. The molecule has 0 radical (unpaired) electrons. The molecular formula is C12H15NO4. The summed E-state index contributed by atoms with van der Waals surface area (Å²) in [4.78, 5) is 11.5. The number of ether oxygens (including phenoxy) is 2. The molecule has 5 heteroatoms. The van der Waals surface area contributed by atoms with Crippen LogP contribution in [0, 0.1) is 0 Å². The number of hydrogen-bond acceptors (Lipinski definition) is 4. The third kappa shape index (κ3) is 2.11. The van der Waals surface area contributed by atoms with Crippen LogP contribution in [0.1, 0.15) is 5.56 Å². The molecule has 0 aliphatic carbocycles. The maximum atomic E-state index is 11.5. The minimum atomic E-state index is -1.17. The number of benzene rings is 1. The molecule has 1 saturated heterocycles. The van der Waals surface area contributed by atoms with Crippen molar-refractivity contribution in [2.45, 2.75) is 5.54 Å². The lowest BCUT2D eigenvalue weighted by Gasteiger charge is -2.34. The van der Waals surface area contributed by atoms with Crippen LogP contribution in [-0.4, -0.2) is 37.9 Å². The molecule has 0 amide bonds. The summed E-state index contributed by atoms with van der Waals surface area (Å²) >= 11 is 0. The predicted molar refractivity (Wildman–Crippen MR) is 61.1 cm³/mol. The standard InChI is InChI=1S/C12H15NO4/c1-16-10-4-2-3-9(7-10)12(11(14)15)8-17-6-5-13-12/h2-4,7,13H,5-6,8H2,1H3,(H,14,15). The monoisotopic (exact) mass is 237 g/mol. The summed E-state index contributed by atoms with van der Waals surface area (Å²) in [6, 6.07) is 7.03. The van der Waals surface area contributed by atoms with Gasteiger partial charge in [0.25, 0.3) is 0 Å². The van der Waals surface area contributed by atoms with Gasteiger partial charge in [-0.25, -0.2) is 4.79 Å². The number of aliphatic carboxylic acids is 1. The van der Waals surface area contributed by atoms with Crippen molar-refractivity contribution in [3.63, 3.8) is 0 Å². The van der Waals surface area contributed by atoms with Gasteiger partial charge in [-0.3, -0.25) is 5.32 Å². The molecule has 92 valence electrons. The van der Waals surface area contributed by atoms with Crippen molar-refractivity contribution in [2.24, 2.45) is 0 Å². The van der Waals surface area contributed by atoms with Crippen LogP contribution < -0.4 is 10.1 Å². The molecule has 1 aromatic rings. The zero-order valence-electron chi connectivity index (χ0n) is 9.60. The number of morpholine rings is 1. The molecule has 1 heterocycles. The van der Waals surface area contributed by atoms with E-state index in [4.69, 9.17) is 9.47 Å². The first kappa shape index (κ1) is 11.9. The maximum absolute atomic E-state index is 11.5. The molecule has 0 bridgehead atoms. The summed E-state index contributed by atoms with van der Waals surface area (Å²) in [6.07, 6.45) is 0. The summed E-state index contributed by atoms with van der Waals surface area (Å²) in [5.41, 5.74) is -0.531. The van der Waals surface area contributed by atoms with Gasteiger partial charge in [-0.05, 0) is 17.7 Å². The summed E-state index contributed by atoms with van der Waals surface area (Å²) in [6.45, 7) is 1.16. The van der Waals surface area contributed by atoms with E-state index in [2.05, 4.69) is 5.32 Å². The lowest BCUT2D eigenvalue weighted by atomic mass is 9.89. The van der Waals surface area contributed by atoms with Crippen LogP contribution in [0.25, 0.3) is 0 Å². The van der Waals surface area contributed by atoms with Gasteiger partial charge in [-0.2, -0.15) is 0 Å². The van der Waals surface area contributed by atoms with E-state index in [0.717, 1.165) is 0 Å². The molecule has 1 unspecified atom stereocenters. The summed E-state index contributed by atoms with van der Waals surface area (Å²) in [5, 5.41) is 12.4. The first-order valence-corrected chi connectivity index (χ1v) is 5.40. The number of carboxylic acids is 1. The van der Waals surface area contributed by atoms with E-state index in [0.29, 0.717) is 24.5 Å². The Kier molecular flexibility index (Phi) is 3.31.